The summed E-state index contributed by atoms with van der Waals surface area (Å²) in [6.45, 7) is 2.76. The van der Waals surface area contributed by atoms with Crippen LogP contribution in [0.25, 0.3) is 0 Å². The van der Waals surface area contributed by atoms with Gasteiger partial charge in [-0.05, 0) is 39.5 Å². The Morgan fingerprint density at radius 3 is 1.39 bits per heavy atom. The Balaban J connectivity index is 2.36. The molecule has 104 valence electrons. The molecular formula is C12H20O6. The Bertz CT molecular complexity index is 261. The second-order valence-electron chi connectivity index (χ2n) is 4.62. The number of hydrogen-bond donors (Lipinski definition) is 2. The van der Waals surface area contributed by atoms with Crippen molar-refractivity contribution in [3.63, 3.8) is 0 Å². The molecule has 0 saturated heterocycles. The molecule has 0 bridgehead atoms. The van der Waals surface area contributed by atoms with Gasteiger partial charge in [0.2, 0.25) is 0 Å². The monoisotopic (exact) mass is 260 g/mol. The molecular weight excluding hydrogens is 240 g/mol. The molecule has 0 radical (unpaired) electrons. The van der Waals surface area contributed by atoms with E-state index in [0.29, 0.717) is 25.7 Å². The van der Waals surface area contributed by atoms with E-state index in [4.69, 9.17) is 19.7 Å². The summed E-state index contributed by atoms with van der Waals surface area (Å²) >= 11 is 0. The molecule has 2 N–H and O–H groups in total. The van der Waals surface area contributed by atoms with E-state index in [-0.39, 0.29) is 11.8 Å². The van der Waals surface area contributed by atoms with E-state index in [9.17, 15) is 9.59 Å². The van der Waals surface area contributed by atoms with Crippen LogP contribution >= 0.6 is 0 Å². The molecule has 2 unspecified atom stereocenters. The summed E-state index contributed by atoms with van der Waals surface area (Å²) in [6.07, 6.45) is -0.0714. The van der Waals surface area contributed by atoms with E-state index in [1.54, 1.807) is 0 Å². The molecule has 6 nitrogen and oxygen atoms in total. The highest BCUT2D eigenvalue weighted by atomic mass is 16.6. The van der Waals surface area contributed by atoms with Crippen molar-refractivity contribution in [2.75, 3.05) is 0 Å². The predicted molar refractivity (Wildman–Crippen MR) is 61.0 cm³/mol. The van der Waals surface area contributed by atoms with Gasteiger partial charge in [-0.25, -0.2) is 0 Å². The van der Waals surface area contributed by atoms with Crippen LogP contribution in [0.5, 0.6) is 0 Å². The van der Waals surface area contributed by atoms with Crippen LogP contribution in [0.4, 0.5) is 0 Å². The van der Waals surface area contributed by atoms with Crippen LogP contribution in [-0.4, -0.2) is 34.7 Å². The number of hydrogen-bond acceptors (Lipinski definition) is 6. The fourth-order valence-electron chi connectivity index (χ4n) is 2.09. The maximum Gasteiger partial charge on any atom is 0.311 e. The van der Waals surface area contributed by atoms with Gasteiger partial charge in [-0.15, -0.1) is 0 Å². The quantitative estimate of drug-likeness (QED) is 0.566. The summed E-state index contributed by atoms with van der Waals surface area (Å²) in [5.74, 6) is -1.38. The van der Waals surface area contributed by atoms with Crippen LogP contribution in [0.15, 0.2) is 0 Å². The topological polar surface area (TPSA) is 93.1 Å². The first kappa shape index (κ1) is 14.9. The van der Waals surface area contributed by atoms with E-state index < -0.39 is 24.5 Å². The van der Waals surface area contributed by atoms with Gasteiger partial charge in [0, 0.05) is 0 Å². The molecule has 6 heteroatoms. The minimum atomic E-state index is -1.10. The van der Waals surface area contributed by atoms with Crippen molar-refractivity contribution < 1.29 is 29.3 Å². The van der Waals surface area contributed by atoms with Crippen LogP contribution in [0.2, 0.25) is 0 Å². The molecule has 2 atom stereocenters. The predicted octanol–water partition coefficient (Wildman–Crippen LogP) is 0.556. The van der Waals surface area contributed by atoms with Gasteiger partial charge in [0.05, 0.1) is 11.8 Å². The molecule has 0 aliphatic heterocycles. The van der Waals surface area contributed by atoms with Crippen molar-refractivity contribution in [2.45, 2.75) is 52.1 Å². The van der Waals surface area contributed by atoms with Crippen molar-refractivity contribution in [1.29, 1.82) is 0 Å². The van der Waals surface area contributed by atoms with Gasteiger partial charge >= 0.3 is 11.9 Å². The van der Waals surface area contributed by atoms with Crippen LogP contribution in [0, 0.1) is 11.8 Å². The van der Waals surface area contributed by atoms with Gasteiger partial charge in [0.15, 0.2) is 12.6 Å². The van der Waals surface area contributed by atoms with Crippen molar-refractivity contribution in [2.24, 2.45) is 11.8 Å². The van der Waals surface area contributed by atoms with Crippen molar-refractivity contribution >= 4 is 11.9 Å². The number of aliphatic hydroxyl groups excluding tert-OH is 2. The Morgan fingerprint density at radius 1 is 0.889 bits per heavy atom. The second-order valence-corrected chi connectivity index (χ2v) is 4.62. The Hall–Kier alpha value is -1.14. The van der Waals surface area contributed by atoms with Crippen molar-refractivity contribution in [1.82, 2.24) is 0 Å². The number of rotatable bonds is 4. The zero-order chi connectivity index (χ0) is 13.7. The molecule has 18 heavy (non-hydrogen) atoms. The van der Waals surface area contributed by atoms with Gasteiger partial charge in [0.25, 0.3) is 0 Å². The van der Waals surface area contributed by atoms with E-state index in [0.717, 1.165) is 0 Å². The smallest absolute Gasteiger partial charge is 0.311 e. The molecule has 0 aromatic rings. The third-order valence-corrected chi connectivity index (χ3v) is 2.97. The summed E-state index contributed by atoms with van der Waals surface area (Å²) in [4.78, 5) is 23.0. The van der Waals surface area contributed by atoms with Crippen LogP contribution in [-0.2, 0) is 19.1 Å². The summed E-state index contributed by atoms with van der Waals surface area (Å²) in [5, 5.41) is 17.9. The largest absolute Gasteiger partial charge is 0.436 e. The number of aliphatic hydroxyl groups is 2. The molecule has 0 heterocycles. The fourth-order valence-corrected chi connectivity index (χ4v) is 2.09. The van der Waals surface area contributed by atoms with Crippen LogP contribution in [0.3, 0.4) is 0 Å². The number of carbonyl (C=O) groups excluding carboxylic acids is 2. The number of carbonyl (C=O) groups is 2. The SMILES string of the molecule is CC(O)OC(=O)C1CCC(C(=O)OC(C)O)CC1. The summed E-state index contributed by atoms with van der Waals surface area (Å²) in [7, 11) is 0. The molecule has 1 rings (SSSR count). The third-order valence-electron chi connectivity index (χ3n) is 2.97. The summed E-state index contributed by atoms with van der Waals surface area (Å²) in [5.41, 5.74) is 0. The minimum absolute atomic E-state index is 0.268. The molecule has 0 amide bonds. The lowest BCUT2D eigenvalue weighted by atomic mass is 9.82. The molecule has 0 aromatic carbocycles. The Kier molecular flexibility index (Phi) is 5.55. The van der Waals surface area contributed by atoms with E-state index in [2.05, 4.69) is 0 Å². The normalized spacial score (nSPS) is 27.1. The second kappa shape index (κ2) is 6.70. The lowest BCUT2D eigenvalue weighted by Gasteiger charge is -2.26. The zero-order valence-electron chi connectivity index (χ0n) is 10.7. The lowest BCUT2D eigenvalue weighted by molar-refractivity contribution is -0.176. The average molecular weight is 260 g/mol. The number of ether oxygens (including phenoxy) is 2. The Morgan fingerprint density at radius 2 is 1.17 bits per heavy atom. The summed E-state index contributed by atoms with van der Waals surface area (Å²) in [6, 6.07) is 0. The fraction of sp³-hybridized carbons (Fsp3) is 0.833. The third kappa shape index (κ3) is 4.62. The van der Waals surface area contributed by atoms with Gasteiger partial charge in [-0.1, -0.05) is 0 Å². The first-order valence-corrected chi connectivity index (χ1v) is 6.17. The molecule has 1 aliphatic carbocycles. The van der Waals surface area contributed by atoms with Gasteiger partial charge < -0.3 is 19.7 Å². The molecule has 0 aromatic heterocycles. The summed E-state index contributed by atoms with van der Waals surface area (Å²) < 4.78 is 9.42. The van der Waals surface area contributed by atoms with Gasteiger partial charge in [0.1, 0.15) is 0 Å². The first-order chi connectivity index (χ1) is 8.40. The van der Waals surface area contributed by atoms with E-state index in [1.807, 2.05) is 0 Å². The standard InChI is InChI=1S/C12H20O6/c1-7(13)17-11(15)9-3-5-10(6-4-9)12(16)18-8(2)14/h7-10,13-14H,3-6H2,1-2H3. The van der Waals surface area contributed by atoms with Gasteiger partial charge in [-0.2, -0.15) is 0 Å². The minimum Gasteiger partial charge on any atom is -0.436 e. The van der Waals surface area contributed by atoms with Gasteiger partial charge in [-0.3, -0.25) is 9.59 Å². The van der Waals surface area contributed by atoms with Crippen molar-refractivity contribution in [3.05, 3.63) is 0 Å². The highest BCUT2D eigenvalue weighted by molar-refractivity contribution is 5.75. The maximum atomic E-state index is 11.5. The van der Waals surface area contributed by atoms with Crippen LogP contribution < -0.4 is 0 Å². The molecule has 0 spiro atoms. The highest BCUT2D eigenvalue weighted by Crippen LogP contribution is 2.30. The van der Waals surface area contributed by atoms with Crippen LogP contribution in [0.1, 0.15) is 39.5 Å². The Labute approximate surface area is 106 Å². The van der Waals surface area contributed by atoms with E-state index in [1.165, 1.54) is 13.8 Å². The molecule has 1 fully saturated rings. The lowest BCUT2D eigenvalue weighted by Crippen LogP contribution is -2.30. The maximum absolute atomic E-state index is 11.5. The van der Waals surface area contributed by atoms with E-state index >= 15 is 0 Å². The zero-order valence-corrected chi connectivity index (χ0v) is 10.7. The molecule has 1 saturated carbocycles. The average Bonchev–Trinajstić information content (AvgIpc) is 2.27. The first-order valence-electron chi connectivity index (χ1n) is 6.17. The number of esters is 2. The highest BCUT2D eigenvalue weighted by Gasteiger charge is 2.32. The van der Waals surface area contributed by atoms with Crippen molar-refractivity contribution in [3.8, 4) is 0 Å². The molecule has 1 aliphatic rings.